The van der Waals surface area contributed by atoms with E-state index in [1.807, 2.05) is 12.3 Å². The number of carbonyl (C=O) groups is 1. The standard InChI is InChI=1S/C17H21ClN4O2S/c1-2-10-24-15-4-3-13(12-14(15)18)20-16(23)21-6-8-22(9-7-21)17-19-5-11-25-17/h3-5,11-12H,2,6-10H2,1H3,(H,20,23). The van der Waals surface area contributed by atoms with Crippen molar-refractivity contribution in [1.82, 2.24) is 9.88 Å². The van der Waals surface area contributed by atoms with Gasteiger partial charge in [0.2, 0.25) is 0 Å². The van der Waals surface area contributed by atoms with Crippen LogP contribution in [-0.2, 0) is 0 Å². The highest BCUT2D eigenvalue weighted by Gasteiger charge is 2.22. The van der Waals surface area contributed by atoms with Crippen LogP contribution in [0.2, 0.25) is 5.02 Å². The zero-order valence-electron chi connectivity index (χ0n) is 14.1. The normalized spacial score (nSPS) is 14.5. The van der Waals surface area contributed by atoms with E-state index in [1.54, 1.807) is 40.6 Å². The molecule has 6 nitrogen and oxygen atoms in total. The van der Waals surface area contributed by atoms with Crippen molar-refractivity contribution in [1.29, 1.82) is 0 Å². The molecule has 2 amide bonds. The number of amides is 2. The molecular weight excluding hydrogens is 360 g/mol. The number of urea groups is 1. The van der Waals surface area contributed by atoms with Gasteiger partial charge in [-0.2, -0.15) is 0 Å². The van der Waals surface area contributed by atoms with Crippen molar-refractivity contribution in [2.24, 2.45) is 0 Å². The van der Waals surface area contributed by atoms with Crippen molar-refractivity contribution in [3.63, 3.8) is 0 Å². The number of aromatic nitrogens is 1. The second-order valence-electron chi connectivity index (χ2n) is 5.71. The van der Waals surface area contributed by atoms with Crippen molar-refractivity contribution in [3.8, 4) is 5.75 Å². The molecule has 2 aromatic rings. The summed E-state index contributed by atoms with van der Waals surface area (Å²) in [5, 5.41) is 6.37. The Hall–Kier alpha value is -1.99. The average molecular weight is 381 g/mol. The number of carbonyl (C=O) groups excluding carboxylic acids is 1. The van der Waals surface area contributed by atoms with Crippen molar-refractivity contribution in [2.75, 3.05) is 43.0 Å². The molecule has 25 heavy (non-hydrogen) atoms. The number of anilines is 2. The number of rotatable bonds is 5. The van der Waals surface area contributed by atoms with Crippen LogP contribution in [-0.4, -0.2) is 48.7 Å². The fourth-order valence-electron chi connectivity index (χ4n) is 2.58. The predicted molar refractivity (Wildman–Crippen MR) is 102 cm³/mol. The lowest BCUT2D eigenvalue weighted by atomic mass is 10.3. The lowest BCUT2D eigenvalue weighted by molar-refractivity contribution is 0.208. The molecule has 0 aliphatic carbocycles. The molecule has 2 heterocycles. The van der Waals surface area contributed by atoms with E-state index in [0.717, 1.165) is 24.6 Å². The van der Waals surface area contributed by atoms with Crippen LogP contribution in [0.3, 0.4) is 0 Å². The predicted octanol–water partition coefficient (Wildman–Crippen LogP) is 3.94. The number of nitrogens with one attached hydrogen (secondary N) is 1. The number of nitrogens with zero attached hydrogens (tertiary/aromatic N) is 3. The highest BCUT2D eigenvalue weighted by molar-refractivity contribution is 7.13. The number of piperazine rings is 1. The van der Waals surface area contributed by atoms with Crippen LogP contribution in [0, 0.1) is 0 Å². The molecule has 1 N–H and O–H groups in total. The highest BCUT2D eigenvalue weighted by Crippen LogP contribution is 2.28. The van der Waals surface area contributed by atoms with Crippen molar-refractivity contribution < 1.29 is 9.53 Å². The van der Waals surface area contributed by atoms with Gasteiger partial charge in [-0.05, 0) is 24.6 Å². The van der Waals surface area contributed by atoms with Gasteiger partial charge in [0.1, 0.15) is 5.75 Å². The molecule has 0 unspecified atom stereocenters. The molecule has 3 rings (SSSR count). The second kappa shape index (κ2) is 8.40. The maximum Gasteiger partial charge on any atom is 0.321 e. The van der Waals surface area contributed by atoms with Crippen LogP contribution in [0.25, 0.3) is 0 Å². The number of hydrogen-bond donors (Lipinski definition) is 1. The van der Waals surface area contributed by atoms with Gasteiger partial charge in [0.05, 0.1) is 11.6 Å². The van der Waals surface area contributed by atoms with E-state index in [9.17, 15) is 4.79 Å². The summed E-state index contributed by atoms with van der Waals surface area (Å²) in [6.07, 6.45) is 2.72. The van der Waals surface area contributed by atoms with E-state index in [0.29, 0.717) is 36.2 Å². The summed E-state index contributed by atoms with van der Waals surface area (Å²) in [6, 6.07) is 5.20. The summed E-state index contributed by atoms with van der Waals surface area (Å²) >= 11 is 7.83. The molecule has 1 aliphatic heterocycles. The van der Waals surface area contributed by atoms with Gasteiger partial charge in [-0.15, -0.1) is 11.3 Å². The molecule has 0 bridgehead atoms. The summed E-state index contributed by atoms with van der Waals surface area (Å²) in [5.41, 5.74) is 0.668. The summed E-state index contributed by atoms with van der Waals surface area (Å²) in [5.74, 6) is 0.638. The molecule has 0 spiro atoms. The fourth-order valence-corrected chi connectivity index (χ4v) is 3.52. The minimum Gasteiger partial charge on any atom is -0.492 e. The largest absolute Gasteiger partial charge is 0.492 e. The number of ether oxygens (including phenoxy) is 1. The van der Waals surface area contributed by atoms with Gasteiger partial charge in [-0.3, -0.25) is 0 Å². The molecule has 8 heteroatoms. The Morgan fingerprint density at radius 3 is 2.80 bits per heavy atom. The molecule has 0 atom stereocenters. The summed E-state index contributed by atoms with van der Waals surface area (Å²) < 4.78 is 5.54. The van der Waals surface area contributed by atoms with Gasteiger partial charge < -0.3 is 19.9 Å². The maximum absolute atomic E-state index is 12.4. The Kier molecular flexibility index (Phi) is 5.99. The van der Waals surface area contributed by atoms with Gasteiger partial charge in [0.15, 0.2) is 5.13 Å². The summed E-state index contributed by atoms with van der Waals surface area (Å²) in [7, 11) is 0. The van der Waals surface area contributed by atoms with Crippen molar-refractivity contribution in [2.45, 2.75) is 13.3 Å². The third kappa shape index (κ3) is 4.55. The zero-order chi connectivity index (χ0) is 17.6. The van der Waals surface area contributed by atoms with E-state index < -0.39 is 0 Å². The van der Waals surface area contributed by atoms with E-state index >= 15 is 0 Å². The Balaban J connectivity index is 1.53. The average Bonchev–Trinajstić information content (AvgIpc) is 3.16. The van der Waals surface area contributed by atoms with Gasteiger partial charge in [0, 0.05) is 43.4 Å². The maximum atomic E-state index is 12.4. The number of halogens is 1. The molecular formula is C17H21ClN4O2S. The number of thiazole rings is 1. The minimum atomic E-state index is -0.114. The second-order valence-corrected chi connectivity index (χ2v) is 6.99. The molecule has 0 radical (unpaired) electrons. The first-order chi connectivity index (χ1) is 12.2. The van der Waals surface area contributed by atoms with Gasteiger partial charge in [0.25, 0.3) is 0 Å². The van der Waals surface area contributed by atoms with Gasteiger partial charge in [-0.25, -0.2) is 9.78 Å². The van der Waals surface area contributed by atoms with Crippen LogP contribution in [0.4, 0.5) is 15.6 Å². The summed E-state index contributed by atoms with van der Waals surface area (Å²) in [6.45, 7) is 5.55. The fraction of sp³-hybridized carbons (Fsp3) is 0.412. The first-order valence-corrected chi connectivity index (χ1v) is 9.56. The molecule has 134 valence electrons. The van der Waals surface area contributed by atoms with Crippen LogP contribution in [0.1, 0.15) is 13.3 Å². The lowest BCUT2D eigenvalue weighted by Crippen LogP contribution is -2.50. The first-order valence-electron chi connectivity index (χ1n) is 8.30. The molecule has 1 saturated heterocycles. The van der Waals surface area contributed by atoms with Crippen LogP contribution in [0.15, 0.2) is 29.8 Å². The van der Waals surface area contributed by atoms with E-state index in [1.165, 1.54) is 0 Å². The lowest BCUT2D eigenvalue weighted by Gasteiger charge is -2.34. The van der Waals surface area contributed by atoms with Crippen LogP contribution in [0.5, 0.6) is 5.75 Å². The third-order valence-electron chi connectivity index (χ3n) is 3.90. The number of hydrogen-bond acceptors (Lipinski definition) is 5. The molecule has 1 aliphatic rings. The molecule has 1 fully saturated rings. The monoisotopic (exact) mass is 380 g/mol. The van der Waals surface area contributed by atoms with E-state index in [-0.39, 0.29) is 6.03 Å². The van der Waals surface area contributed by atoms with Crippen LogP contribution >= 0.6 is 22.9 Å². The van der Waals surface area contributed by atoms with Gasteiger partial charge >= 0.3 is 6.03 Å². The van der Waals surface area contributed by atoms with E-state index in [2.05, 4.69) is 15.2 Å². The smallest absolute Gasteiger partial charge is 0.321 e. The number of benzene rings is 1. The first kappa shape index (κ1) is 17.8. The van der Waals surface area contributed by atoms with Crippen LogP contribution < -0.4 is 15.0 Å². The molecule has 1 aromatic heterocycles. The third-order valence-corrected chi connectivity index (χ3v) is 5.03. The van der Waals surface area contributed by atoms with E-state index in [4.69, 9.17) is 16.3 Å². The topological polar surface area (TPSA) is 57.7 Å². The summed E-state index contributed by atoms with van der Waals surface area (Å²) in [4.78, 5) is 20.8. The Bertz CT molecular complexity index is 703. The Labute approximate surface area is 156 Å². The SMILES string of the molecule is CCCOc1ccc(NC(=O)N2CCN(c3nccs3)CC2)cc1Cl. The van der Waals surface area contributed by atoms with Gasteiger partial charge in [-0.1, -0.05) is 18.5 Å². The molecule has 1 aromatic carbocycles. The highest BCUT2D eigenvalue weighted by atomic mass is 35.5. The zero-order valence-corrected chi connectivity index (χ0v) is 15.6. The Morgan fingerprint density at radius 2 is 2.16 bits per heavy atom. The Morgan fingerprint density at radius 1 is 1.36 bits per heavy atom. The van der Waals surface area contributed by atoms with Crippen molar-refractivity contribution >= 4 is 39.8 Å². The van der Waals surface area contributed by atoms with Crippen molar-refractivity contribution in [3.05, 3.63) is 34.8 Å². The quantitative estimate of drug-likeness (QED) is 0.853. The molecule has 0 saturated carbocycles. The minimum absolute atomic E-state index is 0.114.